The Morgan fingerprint density at radius 1 is 0.958 bits per heavy atom. The summed E-state index contributed by atoms with van der Waals surface area (Å²) in [5, 5.41) is 0. The summed E-state index contributed by atoms with van der Waals surface area (Å²) in [5.74, 6) is 0. The van der Waals surface area contributed by atoms with Crippen molar-refractivity contribution in [3.63, 3.8) is 0 Å². The van der Waals surface area contributed by atoms with Crippen LogP contribution in [0.25, 0.3) is 0 Å². The molecule has 0 fully saturated rings. The van der Waals surface area contributed by atoms with Gasteiger partial charge in [-0.2, -0.15) is 0 Å². The number of rotatable bonds is 12. The highest BCUT2D eigenvalue weighted by Crippen LogP contribution is 2.60. The van der Waals surface area contributed by atoms with E-state index in [1.807, 2.05) is 0 Å². The van der Waals surface area contributed by atoms with E-state index >= 15 is 0 Å². The topological polar surface area (TPSA) is 80.3 Å². The van der Waals surface area contributed by atoms with E-state index in [9.17, 15) is 17.5 Å². The first kappa shape index (κ1) is 27.6. The van der Waals surface area contributed by atoms with E-state index < -0.39 is 20.7 Å². The maximum absolute atomic E-state index is 11.6. The van der Waals surface area contributed by atoms with Gasteiger partial charge in [0.25, 0.3) is 0 Å². The SMILES string of the molecule is COCCOCCOCCOP(=O)(Cl)I.C[Si](C)(C)OP(=O)(F)F. The predicted molar refractivity (Wildman–Crippen MR) is 101 cm³/mol. The molecule has 0 N–H and O–H groups in total. The zero-order chi connectivity index (χ0) is 19.3. The Labute approximate surface area is 160 Å². The minimum Gasteiger partial charge on any atom is -0.382 e. The van der Waals surface area contributed by atoms with Gasteiger partial charge in [0.05, 0.1) is 39.6 Å². The molecule has 0 aliphatic rings. The monoisotopic (exact) mass is 546 g/mol. The van der Waals surface area contributed by atoms with Crippen molar-refractivity contribution in [3.05, 3.63) is 0 Å². The van der Waals surface area contributed by atoms with Crippen molar-refractivity contribution in [2.45, 2.75) is 19.6 Å². The van der Waals surface area contributed by atoms with Crippen LogP contribution in [-0.4, -0.2) is 55.1 Å². The van der Waals surface area contributed by atoms with Crippen LogP contribution in [0.3, 0.4) is 0 Å². The van der Waals surface area contributed by atoms with E-state index in [1.54, 1.807) is 48.8 Å². The molecular formula is C10H24ClF2IO7P2Si. The summed E-state index contributed by atoms with van der Waals surface area (Å²) in [5.41, 5.74) is 0. The van der Waals surface area contributed by atoms with Crippen LogP contribution in [-0.2, 0) is 32.1 Å². The number of ether oxygens (including phenoxy) is 3. The Morgan fingerprint density at radius 2 is 1.38 bits per heavy atom. The molecule has 0 amide bonds. The molecule has 0 aromatic rings. The predicted octanol–water partition coefficient (Wildman–Crippen LogP) is 5.35. The molecule has 1 atom stereocenters. The molecule has 0 heterocycles. The van der Waals surface area contributed by atoms with Crippen LogP contribution in [0.1, 0.15) is 0 Å². The van der Waals surface area contributed by atoms with E-state index in [4.69, 9.17) is 30.0 Å². The van der Waals surface area contributed by atoms with Gasteiger partial charge in [-0.1, -0.05) is 0 Å². The van der Waals surface area contributed by atoms with Crippen molar-refractivity contribution in [1.29, 1.82) is 0 Å². The minimum atomic E-state index is -5.23. The van der Waals surface area contributed by atoms with Crippen LogP contribution in [0, 0.1) is 0 Å². The maximum atomic E-state index is 11.6. The van der Waals surface area contributed by atoms with E-state index in [-0.39, 0.29) is 6.61 Å². The Balaban J connectivity index is 0. The fraction of sp³-hybridized carbons (Fsp3) is 1.00. The lowest BCUT2D eigenvalue weighted by atomic mass is 10.7. The first-order valence-corrected chi connectivity index (χ1v) is 16.9. The molecular weight excluding hydrogens is 522 g/mol. The summed E-state index contributed by atoms with van der Waals surface area (Å²) in [6, 6.07) is 0. The van der Waals surface area contributed by atoms with Gasteiger partial charge in [-0.05, 0) is 30.9 Å². The highest BCUT2D eigenvalue weighted by atomic mass is 127. The summed E-state index contributed by atoms with van der Waals surface area (Å²) in [6.07, 6.45) is 0. The molecule has 0 aliphatic carbocycles. The van der Waals surface area contributed by atoms with Crippen molar-refractivity contribution >= 4 is 54.0 Å². The van der Waals surface area contributed by atoms with Crippen molar-refractivity contribution in [3.8, 4) is 0 Å². The van der Waals surface area contributed by atoms with Gasteiger partial charge in [0.2, 0.25) is 0 Å². The Bertz CT molecular complexity index is 405. The number of hydrogen-bond donors (Lipinski definition) is 0. The molecule has 0 radical (unpaired) electrons. The highest BCUT2D eigenvalue weighted by molar-refractivity contribution is 14.2. The van der Waals surface area contributed by atoms with E-state index in [1.165, 1.54) is 0 Å². The van der Waals surface area contributed by atoms with Crippen molar-refractivity contribution in [1.82, 2.24) is 0 Å². The lowest BCUT2D eigenvalue weighted by molar-refractivity contribution is 0.0187. The molecule has 24 heavy (non-hydrogen) atoms. The van der Waals surface area contributed by atoms with Gasteiger partial charge in [-0.3, -0.25) is 4.57 Å². The van der Waals surface area contributed by atoms with Crippen molar-refractivity contribution in [2.24, 2.45) is 0 Å². The van der Waals surface area contributed by atoms with Gasteiger partial charge in [-0.25, -0.2) is 4.57 Å². The van der Waals surface area contributed by atoms with E-state index in [2.05, 4.69) is 4.21 Å². The fourth-order valence-corrected chi connectivity index (χ4v) is 4.62. The molecule has 0 saturated carbocycles. The summed E-state index contributed by atoms with van der Waals surface area (Å²) in [4.78, 5) is 0. The maximum Gasteiger partial charge on any atom is 0.541 e. The molecule has 7 nitrogen and oxygen atoms in total. The molecule has 0 spiro atoms. The normalized spacial score (nSPS) is 14.7. The lowest BCUT2D eigenvalue weighted by Gasteiger charge is -2.14. The average Bonchev–Trinajstić information content (AvgIpc) is 2.32. The quantitative estimate of drug-likeness (QED) is 0.141. The summed E-state index contributed by atoms with van der Waals surface area (Å²) in [7, 11) is -5.91. The first-order valence-electron chi connectivity index (χ1n) is 6.75. The smallest absolute Gasteiger partial charge is 0.382 e. The van der Waals surface area contributed by atoms with Crippen molar-refractivity contribution in [2.75, 3.05) is 46.8 Å². The molecule has 0 aromatic heterocycles. The summed E-state index contributed by atoms with van der Waals surface area (Å²) in [6.45, 7) is 7.35. The zero-order valence-electron chi connectivity index (χ0n) is 14.0. The Hall–Kier alpha value is 1.36. The van der Waals surface area contributed by atoms with Gasteiger partial charge < -0.3 is 22.9 Å². The van der Waals surface area contributed by atoms with Gasteiger partial charge in [-0.15, -0.1) is 8.39 Å². The van der Waals surface area contributed by atoms with Crippen LogP contribution in [0.15, 0.2) is 0 Å². The van der Waals surface area contributed by atoms with Gasteiger partial charge >= 0.3 is 12.4 Å². The van der Waals surface area contributed by atoms with Crippen LogP contribution in [0.5, 0.6) is 0 Å². The second-order valence-corrected chi connectivity index (χ2v) is 18.8. The molecule has 0 rings (SSSR count). The number of halogens is 4. The molecule has 0 aliphatic heterocycles. The van der Waals surface area contributed by atoms with Gasteiger partial charge in [0.15, 0.2) is 8.32 Å². The van der Waals surface area contributed by atoms with E-state index in [0.29, 0.717) is 33.0 Å². The third-order valence-electron chi connectivity index (χ3n) is 1.65. The van der Waals surface area contributed by atoms with Crippen LogP contribution in [0.2, 0.25) is 19.6 Å². The first-order chi connectivity index (χ1) is 10.8. The third-order valence-corrected chi connectivity index (χ3v) is 6.31. The molecule has 14 heteroatoms. The third kappa shape index (κ3) is 31.2. The molecule has 0 saturated heterocycles. The zero-order valence-corrected chi connectivity index (χ0v) is 19.7. The molecule has 148 valence electrons. The average molecular weight is 547 g/mol. The molecule has 0 bridgehead atoms. The molecule has 1 unspecified atom stereocenters. The van der Waals surface area contributed by atoms with Crippen LogP contribution in [0.4, 0.5) is 8.39 Å². The summed E-state index contributed by atoms with van der Waals surface area (Å²) >= 11 is 6.92. The van der Waals surface area contributed by atoms with Gasteiger partial charge in [0.1, 0.15) is 0 Å². The standard InChI is InChI=1S/C7H15ClIO5P.C3H9F2O2PSi/c1-11-2-3-12-4-5-13-6-7-14-15(8,9)10;1-9(2,3)7-8(4,5)6/h2-7H2,1H3;1-3H3. The Morgan fingerprint density at radius 3 is 1.67 bits per heavy atom. The van der Waals surface area contributed by atoms with Crippen molar-refractivity contribution < 1.29 is 40.5 Å². The largest absolute Gasteiger partial charge is 0.541 e. The van der Waals surface area contributed by atoms with Crippen LogP contribution >= 0.6 is 45.6 Å². The fourth-order valence-electron chi connectivity index (χ4n) is 0.986. The number of methoxy groups -OCH3 is 1. The summed E-state index contributed by atoms with van der Waals surface area (Å²) < 4.78 is 64.7. The minimum absolute atomic E-state index is 0.224. The molecule has 0 aromatic carbocycles. The number of hydrogen-bond acceptors (Lipinski definition) is 7. The highest BCUT2D eigenvalue weighted by Gasteiger charge is 2.30. The van der Waals surface area contributed by atoms with E-state index in [0.717, 1.165) is 0 Å². The Kier molecular flexibility index (Phi) is 16.6. The second kappa shape index (κ2) is 14.4. The van der Waals surface area contributed by atoms with Crippen LogP contribution < -0.4 is 0 Å². The second-order valence-electron chi connectivity index (χ2n) is 5.08. The van der Waals surface area contributed by atoms with Gasteiger partial charge in [0, 0.05) is 29.2 Å². The lowest BCUT2D eigenvalue weighted by Crippen LogP contribution is -2.21.